The predicted molar refractivity (Wildman–Crippen MR) is 93.7 cm³/mol. The second kappa shape index (κ2) is 7.70. The second-order valence-corrected chi connectivity index (χ2v) is 6.15. The van der Waals surface area contributed by atoms with E-state index in [0.717, 1.165) is 4.47 Å². The molecule has 1 N–H and O–H groups in total. The molecule has 0 aliphatic carbocycles. The molecule has 0 spiro atoms. The molecule has 1 heterocycles. The Labute approximate surface area is 149 Å². The number of carbonyl (C=O) groups excluding carboxylic acids is 2. The van der Waals surface area contributed by atoms with E-state index in [1.165, 1.54) is 4.90 Å². The third-order valence-electron chi connectivity index (χ3n) is 3.91. The molecule has 1 aromatic carbocycles. The predicted octanol–water partition coefficient (Wildman–Crippen LogP) is 3.38. The molecular formula is C17H21BrN2O4. The Morgan fingerprint density at radius 3 is 2.67 bits per heavy atom. The number of urea groups is 1. The molecule has 0 saturated carbocycles. The fraction of sp³-hybridized carbons (Fsp3) is 0.412. The first-order valence-corrected chi connectivity index (χ1v) is 8.53. The average molecular weight is 397 g/mol. The molecule has 0 radical (unpaired) electrons. The van der Waals surface area contributed by atoms with Gasteiger partial charge in [0.15, 0.2) is 0 Å². The number of benzene rings is 1. The standard InChI is InChI=1S/C17H21BrN2O4/c1-5-20-10(3)14(16(21)24-6-2)15(19-17(20)22)12-9-11(18)7-8-13(12)23-4/h7-9,15H,5-6H2,1-4H3,(H,19,22)/t15-/m1/s1. The maximum atomic E-state index is 12.5. The number of methoxy groups -OCH3 is 1. The molecule has 2 rings (SSSR count). The smallest absolute Gasteiger partial charge is 0.338 e. The van der Waals surface area contributed by atoms with E-state index < -0.39 is 12.0 Å². The highest BCUT2D eigenvalue weighted by molar-refractivity contribution is 9.10. The van der Waals surface area contributed by atoms with Crippen molar-refractivity contribution in [3.8, 4) is 5.75 Å². The van der Waals surface area contributed by atoms with Crippen LogP contribution in [-0.4, -0.2) is 37.2 Å². The van der Waals surface area contributed by atoms with Crippen LogP contribution in [0.1, 0.15) is 32.4 Å². The highest BCUT2D eigenvalue weighted by atomic mass is 79.9. The number of amides is 2. The van der Waals surface area contributed by atoms with Crippen molar-refractivity contribution >= 4 is 27.9 Å². The van der Waals surface area contributed by atoms with E-state index in [4.69, 9.17) is 9.47 Å². The monoisotopic (exact) mass is 396 g/mol. The van der Waals surface area contributed by atoms with E-state index in [-0.39, 0.29) is 12.6 Å². The van der Waals surface area contributed by atoms with Crippen molar-refractivity contribution in [1.29, 1.82) is 0 Å². The largest absolute Gasteiger partial charge is 0.496 e. The summed E-state index contributed by atoms with van der Waals surface area (Å²) in [4.78, 5) is 26.5. The number of rotatable bonds is 5. The molecule has 0 fully saturated rings. The molecule has 0 aromatic heterocycles. The fourth-order valence-electron chi connectivity index (χ4n) is 2.80. The molecule has 0 unspecified atom stereocenters. The third kappa shape index (κ3) is 3.40. The van der Waals surface area contributed by atoms with Crippen molar-refractivity contribution < 1.29 is 19.1 Å². The van der Waals surface area contributed by atoms with Crippen molar-refractivity contribution in [3.05, 3.63) is 39.5 Å². The molecule has 130 valence electrons. The number of hydrogen-bond donors (Lipinski definition) is 1. The van der Waals surface area contributed by atoms with E-state index in [1.54, 1.807) is 27.0 Å². The molecule has 7 heteroatoms. The van der Waals surface area contributed by atoms with E-state index in [1.807, 2.05) is 19.1 Å². The Kier molecular flexibility index (Phi) is 5.88. The highest BCUT2D eigenvalue weighted by Gasteiger charge is 2.37. The summed E-state index contributed by atoms with van der Waals surface area (Å²) < 4.78 is 11.4. The van der Waals surface area contributed by atoms with Crippen molar-refractivity contribution in [2.75, 3.05) is 20.3 Å². The summed E-state index contributed by atoms with van der Waals surface area (Å²) in [5, 5.41) is 2.88. The van der Waals surface area contributed by atoms with Gasteiger partial charge in [-0.05, 0) is 39.0 Å². The molecule has 0 bridgehead atoms. The first kappa shape index (κ1) is 18.3. The summed E-state index contributed by atoms with van der Waals surface area (Å²) in [6.07, 6.45) is 0. The molecular weight excluding hydrogens is 376 g/mol. The maximum Gasteiger partial charge on any atom is 0.338 e. The zero-order valence-corrected chi connectivity index (χ0v) is 15.8. The summed E-state index contributed by atoms with van der Waals surface area (Å²) in [6.45, 7) is 6.08. The SMILES string of the molecule is CCOC(=O)C1=C(C)N(CC)C(=O)N[C@@H]1c1cc(Br)ccc1OC. The summed E-state index contributed by atoms with van der Waals surface area (Å²) in [5.74, 6) is 0.142. The van der Waals surface area contributed by atoms with Crippen molar-refractivity contribution in [1.82, 2.24) is 10.2 Å². The molecule has 0 saturated heterocycles. The minimum Gasteiger partial charge on any atom is -0.496 e. The lowest BCUT2D eigenvalue weighted by atomic mass is 9.94. The topological polar surface area (TPSA) is 67.9 Å². The zero-order chi connectivity index (χ0) is 17.9. The lowest BCUT2D eigenvalue weighted by Gasteiger charge is -2.35. The van der Waals surface area contributed by atoms with Gasteiger partial charge < -0.3 is 14.8 Å². The number of halogens is 1. The van der Waals surface area contributed by atoms with Crippen LogP contribution in [0.3, 0.4) is 0 Å². The Morgan fingerprint density at radius 1 is 1.38 bits per heavy atom. The maximum absolute atomic E-state index is 12.5. The summed E-state index contributed by atoms with van der Waals surface area (Å²) in [7, 11) is 1.55. The van der Waals surface area contributed by atoms with Crippen LogP contribution >= 0.6 is 15.9 Å². The minimum absolute atomic E-state index is 0.255. The highest BCUT2D eigenvalue weighted by Crippen LogP contribution is 2.37. The number of allylic oxidation sites excluding steroid dienone is 1. The van der Waals surface area contributed by atoms with Crippen LogP contribution in [0.5, 0.6) is 5.75 Å². The van der Waals surface area contributed by atoms with E-state index >= 15 is 0 Å². The van der Waals surface area contributed by atoms with Crippen LogP contribution in [0.15, 0.2) is 33.9 Å². The minimum atomic E-state index is -0.633. The lowest BCUT2D eigenvalue weighted by molar-refractivity contribution is -0.139. The van der Waals surface area contributed by atoms with Crippen LogP contribution in [0.25, 0.3) is 0 Å². The molecule has 1 aliphatic rings. The number of nitrogens with zero attached hydrogens (tertiary/aromatic N) is 1. The normalized spacial score (nSPS) is 17.6. The summed E-state index contributed by atoms with van der Waals surface area (Å²) >= 11 is 3.42. The molecule has 2 amide bonds. The van der Waals surface area contributed by atoms with Crippen LogP contribution in [0, 0.1) is 0 Å². The van der Waals surface area contributed by atoms with Crippen LogP contribution in [0.4, 0.5) is 4.79 Å². The number of esters is 1. The van der Waals surface area contributed by atoms with Gasteiger partial charge in [0, 0.05) is 22.3 Å². The Morgan fingerprint density at radius 2 is 2.08 bits per heavy atom. The van der Waals surface area contributed by atoms with E-state index in [2.05, 4.69) is 21.2 Å². The van der Waals surface area contributed by atoms with Crippen LogP contribution in [-0.2, 0) is 9.53 Å². The van der Waals surface area contributed by atoms with Gasteiger partial charge in [0.2, 0.25) is 0 Å². The van der Waals surface area contributed by atoms with Gasteiger partial charge in [0.25, 0.3) is 0 Å². The first-order valence-electron chi connectivity index (χ1n) is 7.73. The van der Waals surface area contributed by atoms with Gasteiger partial charge in [-0.1, -0.05) is 15.9 Å². The first-order chi connectivity index (χ1) is 11.4. The quantitative estimate of drug-likeness (QED) is 0.774. The van der Waals surface area contributed by atoms with Gasteiger partial charge in [-0.25, -0.2) is 9.59 Å². The molecule has 1 atom stereocenters. The molecule has 24 heavy (non-hydrogen) atoms. The van der Waals surface area contributed by atoms with Crippen molar-refractivity contribution in [3.63, 3.8) is 0 Å². The molecule has 1 aromatic rings. The molecule has 1 aliphatic heterocycles. The van der Waals surface area contributed by atoms with Gasteiger partial charge in [-0.3, -0.25) is 4.90 Å². The van der Waals surface area contributed by atoms with Gasteiger partial charge in [-0.2, -0.15) is 0 Å². The number of nitrogens with one attached hydrogen (secondary N) is 1. The molecule has 6 nitrogen and oxygen atoms in total. The Hall–Kier alpha value is -2.02. The lowest BCUT2D eigenvalue weighted by Crippen LogP contribution is -2.48. The second-order valence-electron chi connectivity index (χ2n) is 5.23. The van der Waals surface area contributed by atoms with E-state index in [9.17, 15) is 9.59 Å². The van der Waals surface area contributed by atoms with Crippen molar-refractivity contribution in [2.24, 2.45) is 0 Å². The number of hydrogen-bond acceptors (Lipinski definition) is 4. The van der Waals surface area contributed by atoms with Gasteiger partial charge >= 0.3 is 12.0 Å². The zero-order valence-electron chi connectivity index (χ0n) is 14.2. The van der Waals surface area contributed by atoms with Crippen LogP contribution in [0.2, 0.25) is 0 Å². The fourth-order valence-corrected chi connectivity index (χ4v) is 3.18. The Balaban J connectivity index is 2.62. The van der Waals surface area contributed by atoms with Gasteiger partial charge in [0.1, 0.15) is 5.75 Å². The summed E-state index contributed by atoms with van der Waals surface area (Å²) in [6, 6.07) is 4.57. The average Bonchev–Trinajstić information content (AvgIpc) is 2.54. The van der Waals surface area contributed by atoms with Gasteiger partial charge in [0.05, 0.1) is 25.3 Å². The summed E-state index contributed by atoms with van der Waals surface area (Å²) in [5.41, 5.74) is 1.69. The Bertz CT molecular complexity index is 687. The van der Waals surface area contributed by atoms with Crippen LogP contribution < -0.4 is 10.1 Å². The number of carbonyl (C=O) groups is 2. The van der Waals surface area contributed by atoms with Crippen molar-refractivity contribution in [2.45, 2.75) is 26.8 Å². The third-order valence-corrected chi connectivity index (χ3v) is 4.40. The van der Waals surface area contributed by atoms with E-state index in [0.29, 0.717) is 29.1 Å². The van der Waals surface area contributed by atoms with Gasteiger partial charge in [-0.15, -0.1) is 0 Å². The number of ether oxygens (including phenoxy) is 2.